The first-order valence-corrected chi connectivity index (χ1v) is 13.7. The predicted molar refractivity (Wildman–Crippen MR) is 123 cm³/mol. The van der Waals surface area contributed by atoms with E-state index in [0.717, 1.165) is 19.3 Å². The topological polar surface area (TPSA) is 66.4 Å². The van der Waals surface area contributed by atoms with Gasteiger partial charge in [0.2, 0.25) is 0 Å². The number of hydrogen-bond acceptors (Lipinski definition) is 4. The van der Waals surface area contributed by atoms with Gasteiger partial charge < -0.3 is 9.29 Å². The van der Waals surface area contributed by atoms with Crippen molar-refractivity contribution < 1.29 is 17.7 Å². The van der Waals surface area contributed by atoms with Gasteiger partial charge in [0.15, 0.2) is 4.90 Å². The lowest BCUT2D eigenvalue weighted by atomic mass is 10.1. The molecule has 3 rings (SSSR count). The molecule has 1 fully saturated rings. The van der Waals surface area contributed by atoms with Crippen LogP contribution < -0.4 is 0 Å². The van der Waals surface area contributed by atoms with Crippen LogP contribution >= 0.6 is 0 Å². The summed E-state index contributed by atoms with van der Waals surface area (Å²) in [6, 6.07) is 15.4. The van der Waals surface area contributed by atoms with Crippen molar-refractivity contribution >= 4 is 31.8 Å². The molecule has 4 nitrogen and oxygen atoms in total. The van der Waals surface area contributed by atoms with Crippen LogP contribution in [0.4, 0.5) is 0 Å². The lowest BCUT2D eigenvalue weighted by molar-refractivity contribution is 0.124. The van der Waals surface area contributed by atoms with Crippen molar-refractivity contribution in [1.82, 2.24) is 0 Å². The maximum Gasteiger partial charge on any atom is 0.162 e. The highest BCUT2D eigenvalue weighted by Crippen LogP contribution is 2.30. The van der Waals surface area contributed by atoms with Crippen LogP contribution in [0.1, 0.15) is 51.9 Å². The predicted octanol–water partition coefficient (Wildman–Crippen LogP) is 5.13. The monoisotopic (exact) mass is 438 g/mol. The first-order valence-electron chi connectivity index (χ1n) is 10.6. The highest BCUT2D eigenvalue weighted by atomic mass is 32.2. The normalized spacial score (nSPS) is 19.1. The highest BCUT2D eigenvalue weighted by molar-refractivity contribution is 7.97. The van der Waals surface area contributed by atoms with E-state index in [1.165, 1.54) is 46.4 Å². The molecule has 0 bridgehead atoms. The maximum atomic E-state index is 10.2. The number of unbranched alkanes of at least 4 members (excludes halogenated alkanes) is 5. The van der Waals surface area contributed by atoms with E-state index in [4.69, 9.17) is 4.74 Å². The average molecular weight is 439 g/mol. The van der Waals surface area contributed by atoms with Crippen molar-refractivity contribution in [3.63, 3.8) is 0 Å². The second-order valence-electron chi connectivity index (χ2n) is 7.52. The van der Waals surface area contributed by atoms with Gasteiger partial charge in [-0.05, 0) is 23.9 Å². The summed E-state index contributed by atoms with van der Waals surface area (Å²) in [4.78, 5) is 1.53. The van der Waals surface area contributed by atoms with Gasteiger partial charge in [-0.1, -0.05) is 69.4 Å². The number of fused-ring (bicyclic) bond motifs is 1. The minimum atomic E-state index is -3.97. The first-order chi connectivity index (χ1) is 13.9. The van der Waals surface area contributed by atoms with E-state index in [2.05, 4.69) is 49.4 Å². The summed E-state index contributed by atoms with van der Waals surface area (Å²) in [5.41, 5.74) is 0. The van der Waals surface area contributed by atoms with Gasteiger partial charge in [0.25, 0.3) is 0 Å². The summed E-state index contributed by atoms with van der Waals surface area (Å²) >= 11 is 0. The van der Waals surface area contributed by atoms with Gasteiger partial charge in [-0.15, -0.1) is 0 Å². The Labute approximate surface area is 179 Å². The Hall–Kier alpha value is -1.08. The van der Waals surface area contributed by atoms with Gasteiger partial charge in [0.1, 0.15) is 17.6 Å². The lowest BCUT2D eigenvalue weighted by Crippen LogP contribution is -2.12. The molecule has 29 heavy (non-hydrogen) atoms. The van der Waals surface area contributed by atoms with Crippen molar-refractivity contribution in [1.29, 1.82) is 0 Å². The van der Waals surface area contributed by atoms with Crippen molar-refractivity contribution in [3.05, 3.63) is 42.5 Å². The zero-order valence-corrected chi connectivity index (χ0v) is 19.3. The fourth-order valence-electron chi connectivity index (χ4n) is 3.56. The van der Waals surface area contributed by atoms with E-state index in [1.54, 1.807) is 0 Å². The lowest BCUT2D eigenvalue weighted by Gasteiger charge is -2.05. The van der Waals surface area contributed by atoms with Crippen LogP contribution in [0.3, 0.4) is 0 Å². The second kappa shape index (κ2) is 12.6. The number of methoxy groups -OCH3 is 1. The fraction of sp³-hybridized carbons (Fsp3) is 0.565. The van der Waals surface area contributed by atoms with Gasteiger partial charge >= 0.3 is 0 Å². The van der Waals surface area contributed by atoms with Crippen LogP contribution in [0.25, 0.3) is 10.8 Å². The van der Waals surface area contributed by atoms with Crippen LogP contribution in [-0.2, 0) is 25.7 Å². The van der Waals surface area contributed by atoms with Gasteiger partial charge in [0.05, 0.1) is 10.1 Å². The van der Waals surface area contributed by atoms with E-state index in [-0.39, 0.29) is 5.75 Å². The smallest absolute Gasteiger partial charge is 0.162 e. The van der Waals surface area contributed by atoms with Gasteiger partial charge in [-0.2, -0.15) is 0 Å². The molecule has 0 aliphatic carbocycles. The van der Waals surface area contributed by atoms with Crippen LogP contribution in [0.5, 0.6) is 0 Å². The molecule has 0 saturated carbocycles. The van der Waals surface area contributed by atoms with E-state index >= 15 is 0 Å². The third-order valence-corrected chi connectivity index (χ3v) is 8.48. The molecule has 0 radical (unpaired) electrons. The number of ether oxygens (including phenoxy) is 1. The maximum absolute atomic E-state index is 10.2. The van der Waals surface area contributed by atoms with Gasteiger partial charge in [-0.3, -0.25) is 0 Å². The Morgan fingerprint density at radius 2 is 1.72 bits per heavy atom. The summed E-state index contributed by atoms with van der Waals surface area (Å²) in [7, 11) is -1.75. The molecule has 2 aromatic rings. The Morgan fingerprint density at radius 1 is 1.03 bits per heavy atom. The largest absolute Gasteiger partial charge is 0.748 e. The van der Waals surface area contributed by atoms with Crippen molar-refractivity contribution in [3.8, 4) is 0 Å². The van der Waals surface area contributed by atoms with Crippen LogP contribution in [0.15, 0.2) is 47.4 Å². The Bertz CT molecular complexity index is 830. The minimum Gasteiger partial charge on any atom is -0.748 e. The summed E-state index contributed by atoms with van der Waals surface area (Å²) < 4.78 is 36.0. The van der Waals surface area contributed by atoms with Crippen LogP contribution in [0.2, 0.25) is 0 Å². The molecule has 1 aliphatic heterocycles. The Balaban J connectivity index is 0.000000223. The SMILES string of the molecule is CCCCCCCCS(=O)(=O)[O-].COC1CC[S+](c2cccc3ccccc23)C1. The molecule has 6 heteroatoms. The standard InChI is InChI=1S/C15H17OS.C8H18O3S/c1-16-13-9-10-17(11-13)15-8-4-6-12-5-2-3-7-14(12)15;1-2-3-4-5-6-7-8-12(9,10)11/h2-8,13H,9-11H2,1H3;2-8H2,1H3,(H,9,10,11)/q+1;/p-1. The summed E-state index contributed by atoms with van der Waals surface area (Å²) in [5, 5.41) is 2.79. The number of benzene rings is 2. The molecule has 1 heterocycles. The molecule has 1 saturated heterocycles. The molecular weight excluding hydrogens is 404 g/mol. The van der Waals surface area contributed by atoms with Crippen molar-refractivity contribution in [2.75, 3.05) is 24.4 Å². The first kappa shape index (κ1) is 24.2. The highest BCUT2D eigenvalue weighted by Gasteiger charge is 2.35. The fourth-order valence-corrected chi connectivity index (χ4v) is 6.75. The van der Waals surface area contributed by atoms with Crippen molar-refractivity contribution in [2.45, 2.75) is 62.9 Å². The molecule has 0 amide bonds. The second-order valence-corrected chi connectivity index (χ2v) is 11.2. The third kappa shape index (κ3) is 8.67. The Morgan fingerprint density at radius 3 is 2.41 bits per heavy atom. The molecule has 1 aliphatic rings. The summed E-state index contributed by atoms with van der Waals surface area (Å²) in [6.07, 6.45) is 7.64. The van der Waals surface area contributed by atoms with Crippen LogP contribution in [-0.4, -0.2) is 43.4 Å². The molecule has 2 atom stereocenters. The summed E-state index contributed by atoms with van der Waals surface area (Å²) in [5.74, 6) is 2.29. The molecule has 2 aromatic carbocycles. The molecule has 162 valence electrons. The quantitative estimate of drug-likeness (QED) is 0.309. The number of hydrogen-bond donors (Lipinski definition) is 0. The summed E-state index contributed by atoms with van der Waals surface area (Å²) in [6.45, 7) is 2.13. The van der Waals surface area contributed by atoms with Crippen molar-refractivity contribution in [2.24, 2.45) is 0 Å². The Kier molecular flexibility index (Phi) is 10.5. The zero-order valence-electron chi connectivity index (χ0n) is 17.6. The molecule has 0 N–H and O–H groups in total. The van der Waals surface area contributed by atoms with E-state index < -0.39 is 10.1 Å². The molecule has 0 spiro atoms. The molecule has 2 unspecified atom stereocenters. The van der Waals surface area contributed by atoms with E-state index in [0.29, 0.717) is 23.4 Å². The van der Waals surface area contributed by atoms with E-state index in [1.807, 2.05) is 7.11 Å². The molecular formula is C23H34O4S2. The van der Waals surface area contributed by atoms with Gasteiger partial charge in [-0.25, -0.2) is 8.42 Å². The minimum absolute atomic E-state index is 0.195. The average Bonchev–Trinajstić information content (AvgIpc) is 3.19. The van der Waals surface area contributed by atoms with Crippen LogP contribution in [0, 0.1) is 0 Å². The van der Waals surface area contributed by atoms with E-state index in [9.17, 15) is 13.0 Å². The number of rotatable bonds is 9. The molecule has 0 aromatic heterocycles. The third-order valence-electron chi connectivity index (χ3n) is 5.22. The zero-order chi connectivity index (χ0) is 21.1. The van der Waals surface area contributed by atoms with Gasteiger partial charge in [0, 0.05) is 35.6 Å².